The van der Waals surface area contributed by atoms with Crippen LogP contribution in [0.1, 0.15) is 47.7 Å². The summed E-state index contributed by atoms with van der Waals surface area (Å²) in [5, 5.41) is 4.26. The fraction of sp³-hybridized carbons (Fsp3) is 0.385. The summed E-state index contributed by atoms with van der Waals surface area (Å²) < 4.78 is 0. The van der Waals surface area contributed by atoms with E-state index >= 15 is 0 Å². The van der Waals surface area contributed by atoms with Crippen molar-refractivity contribution in [2.24, 2.45) is 5.92 Å². The van der Waals surface area contributed by atoms with Crippen molar-refractivity contribution in [3.05, 3.63) is 76.4 Å². The minimum Gasteiger partial charge on any atom is -0.377 e. The normalized spacial score (nSPS) is 18.3. The molecule has 172 valence electrons. The second-order valence-corrected chi connectivity index (χ2v) is 9.28. The number of amides is 1. The molecular formula is C26H29ClN4O2. The largest absolute Gasteiger partial charge is 0.377 e. The number of pyridine rings is 2. The smallest absolute Gasteiger partial charge is 0.255 e. The van der Waals surface area contributed by atoms with Crippen molar-refractivity contribution in [3.63, 3.8) is 0 Å². The molecule has 0 bridgehead atoms. The van der Waals surface area contributed by atoms with Crippen LogP contribution >= 0.6 is 11.6 Å². The third-order valence-electron chi connectivity index (χ3n) is 6.38. The highest BCUT2D eigenvalue weighted by molar-refractivity contribution is 6.30. The Morgan fingerprint density at radius 2 is 2.00 bits per heavy atom. The van der Waals surface area contributed by atoms with E-state index in [1.54, 1.807) is 18.6 Å². The Kier molecular flexibility index (Phi) is 7.23. The lowest BCUT2D eigenvalue weighted by atomic mass is 9.85. The number of carbonyl (C=O) groups is 2. The Bertz CT molecular complexity index is 1100. The number of ketones is 1. The Hall–Kier alpha value is -2.99. The molecule has 33 heavy (non-hydrogen) atoms. The number of rotatable bonds is 8. The average molecular weight is 465 g/mol. The van der Waals surface area contributed by atoms with Gasteiger partial charge in [-0.2, -0.15) is 0 Å². The molecule has 4 rings (SSSR count). The molecule has 3 heterocycles. The number of halogens is 1. The van der Waals surface area contributed by atoms with E-state index in [0.29, 0.717) is 31.5 Å². The second-order valence-electron chi connectivity index (χ2n) is 8.79. The number of nitrogens with zero attached hydrogens (tertiary/aromatic N) is 3. The van der Waals surface area contributed by atoms with Crippen LogP contribution in [-0.2, 0) is 11.2 Å². The van der Waals surface area contributed by atoms with Crippen molar-refractivity contribution in [2.75, 3.05) is 18.4 Å². The lowest BCUT2D eigenvalue weighted by Gasteiger charge is -2.40. The standard InChI is InChI=1S/C26H29ClN4O2/c1-3-19-11-20(27)5-6-23(19)25(32)7-4-18-10-21(13-29-12-18)30-22-15-31(16-22)26(33)24-14-28-9-8-17(24)2/h5-6,8-10,12-14,19,22,30H,3-4,7,11,15-16H2,1-2H3. The van der Waals surface area contributed by atoms with Crippen molar-refractivity contribution in [3.8, 4) is 0 Å². The number of hydrogen-bond acceptors (Lipinski definition) is 5. The molecule has 1 aliphatic carbocycles. The van der Waals surface area contributed by atoms with Crippen molar-refractivity contribution >= 4 is 29.0 Å². The van der Waals surface area contributed by atoms with Crippen molar-refractivity contribution in [2.45, 2.75) is 45.6 Å². The number of nitrogens with one attached hydrogen (secondary N) is 1. The van der Waals surface area contributed by atoms with Gasteiger partial charge in [-0.15, -0.1) is 0 Å². The molecule has 1 N–H and O–H groups in total. The average Bonchev–Trinajstić information content (AvgIpc) is 2.79. The summed E-state index contributed by atoms with van der Waals surface area (Å²) in [6.45, 7) is 5.29. The van der Waals surface area contributed by atoms with Gasteiger partial charge in [-0.3, -0.25) is 19.6 Å². The highest BCUT2D eigenvalue weighted by atomic mass is 35.5. The first-order chi connectivity index (χ1) is 15.9. The maximum absolute atomic E-state index is 12.8. The Labute approximate surface area is 199 Å². The molecule has 1 fully saturated rings. The van der Waals surface area contributed by atoms with Gasteiger partial charge in [-0.05, 0) is 67.0 Å². The van der Waals surface area contributed by atoms with E-state index in [0.717, 1.165) is 40.3 Å². The summed E-state index contributed by atoms with van der Waals surface area (Å²) in [4.78, 5) is 35.7. The zero-order valence-corrected chi connectivity index (χ0v) is 19.8. The SMILES string of the molecule is CCC1CC(Cl)=CC=C1C(=O)CCc1cncc(NC2CN(C(=O)c3cnccc3C)C2)c1. The van der Waals surface area contributed by atoms with Gasteiger partial charge >= 0.3 is 0 Å². The summed E-state index contributed by atoms with van der Waals surface area (Å²) in [7, 11) is 0. The fourth-order valence-electron chi connectivity index (χ4n) is 4.35. The van der Waals surface area contributed by atoms with Gasteiger partial charge in [0.25, 0.3) is 5.91 Å². The Morgan fingerprint density at radius 3 is 2.76 bits per heavy atom. The zero-order valence-electron chi connectivity index (χ0n) is 19.1. The van der Waals surface area contributed by atoms with E-state index in [1.165, 1.54) is 0 Å². The van der Waals surface area contributed by atoms with E-state index < -0.39 is 0 Å². The number of Topliss-reactive ketones (excluding diaryl/α,β-unsaturated/α-hetero) is 1. The van der Waals surface area contributed by atoms with Gasteiger partial charge in [-0.1, -0.05) is 24.6 Å². The number of hydrogen-bond donors (Lipinski definition) is 1. The minimum absolute atomic E-state index is 0.0163. The molecular weight excluding hydrogens is 436 g/mol. The van der Waals surface area contributed by atoms with Crippen LogP contribution in [0.2, 0.25) is 0 Å². The summed E-state index contributed by atoms with van der Waals surface area (Å²) in [5.41, 5.74) is 4.40. The van der Waals surface area contributed by atoms with Crippen LogP contribution in [-0.4, -0.2) is 45.7 Å². The van der Waals surface area contributed by atoms with E-state index in [9.17, 15) is 9.59 Å². The zero-order chi connectivity index (χ0) is 23.4. The molecule has 0 aromatic carbocycles. The van der Waals surface area contributed by atoms with Gasteiger partial charge in [0, 0.05) is 49.3 Å². The van der Waals surface area contributed by atoms with E-state index in [-0.39, 0.29) is 23.7 Å². The summed E-state index contributed by atoms with van der Waals surface area (Å²) >= 11 is 6.14. The van der Waals surface area contributed by atoms with Crippen molar-refractivity contribution < 1.29 is 9.59 Å². The first-order valence-electron chi connectivity index (χ1n) is 11.4. The van der Waals surface area contributed by atoms with Crippen LogP contribution in [0.3, 0.4) is 0 Å². The molecule has 2 aromatic rings. The number of aryl methyl sites for hydroxylation is 2. The molecule has 2 aromatic heterocycles. The third kappa shape index (κ3) is 5.50. The molecule has 0 spiro atoms. The molecule has 7 heteroatoms. The van der Waals surface area contributed by atoms with Crippen LogP contribution in [0, 0.1) is 12.8 Å². The van der Waals surface area contributed by atoms with Crippen LogP contribution < -0.4 is 5.32 Å². The van der Waals surface area contributed by atoms with Crippen molar-refractivity contribution in [1.29, 1.82) is 0 Å². The molecule has 1 unspecified atom stereocenters. The number of aromatic nitrogens is 2. The highest BCUT2D eigenvalue weighted by Crippen LogP contribution is 2.31. The van der Waals surface area contributed by atoms with Gasteiger partial charge in [0.2, 0.25) is 0 Å². The van der Waals surface area contributed by atoms with E-state index in [1.807, 2.05) is 42.3 Å². The molecule has 6 nitrogen and oxygen atoms in total. The van der Waals surface area contributed by atoms with Crippen LogP contribution in [0.4, 0.5) is 5.69 Å². The lowest BCUT2D eigenvalue weighted by molar-refractivity contribution is -0.116. The monoisotopic (exact) mass is 464 g/mol. The predicted molar refractivity (Wildman–Crippen MR) is 130 cm³/mol. The van der Waals surface area contributed by atoms with Gasteiger partial charge in [-0.25, -0.2) is 0 Å². The lowest BCUT2D eigenvalue weighted by Crippen LogP contribution is -2.57. The molecule has 1 aliphatic heterocycles. The molecule has 0 saturated carbocycles. The summed E-state index contributed by atoms with van der Waals surface area (Å²) in [6, 6.07) is 4.07. The van der Waals surface area contributed by atoms with Crippen LogP contribution in [0.15, 0.2) is 59.7 Å². The first kappa shape index (κ1) is 23.2. The van der Waals surface area contributed by atoms with Gasteiger partial charge in [0.05, 0.1) is 17.3 Å². The fourth-order valence-corrected chi connectivity index (χ4v) is 4.60. The third-order valence-corrected chi connectivity index (χ3v) is 6.66. The maximum atomic E-state index is 12.8. The van der Waals surface area contributed by atoms with Crippen LogP contribution in [0.5, 0.6) is 0 Å². The van der Waals surface area contributed by atoms with Crippen LogP contribution in [0.25, 0.3) is 0 Å². The molecule has 0 radical (unpaired) electrons. The quantitative estimate of drug-likeness (QED) is 0.612. The first-order valence-corrected chi connectivity index (χ1v) is 11.8. The van der Waals surface area contributed by atoms with E-state index in [4.69, 9.17) is 11.6 Å². The van der Waals surface area contributed by atoms with Gasteiger partial charge < -0.3 is 10.2 Å². The molecule has 1 saturated heterocycles. The number of likely N-dealkylation sites (tertiary alicyclic amines) is 1. The summed E-state index contributed by atoms with van der Waals surface area (Å²) in [5.74, 6) is 0.405. The molecule has 2 aliphatic rings. The number of anilines is 1. The topological polar surface area (TPSA) is 75.2 Å². The Balaban J connectivity index is 1.29. The summed E-state index contributed by atoms with van der Waals surface area (Å²) in [6.07, 6.45) is 13.4. The van der Waals surface area contributed by atoms with Gasteiger partial charge in [0.1, 0.15) is 0 Å². The maximum Gasteiger partial charge on any atom is 0.255 e. The number of carbonyl (C=O) groups excluding carboxylic acids is 2. The molecule has 1 amide bonds. The van der Waals surface area contributed by atoms with Crippen molar-refractivity contribution in [1.82, 2.24) is 14.9 Å². The second kappa shape index (κ2) is 10.3. The van der Waals surface area contributed by atoms with E-state index in [2.05, 4.69) is 22.2 Å². The van der Waals surface area contributed by atoms with Gasteiger partial charge in [0.15, 0.2) is 5.78 Å². The minimum atomic E-state index is 0.0163. The number of allylic oxidation sites excluding steroid dienone is 4. The highest BCUT2D eigenvalue weighted by Gasteiger charge is 2.32. The predicted octanol–water partition coefficient (Wildman–Crippen LogP) is 4.70. The molecule has 1 atom stereocenters. The Morgan fingerprint density at radius 1 is 1.18 bits per heavy atom.